The third-order valence-corrected chi connectivity index (χ3v) is 4.94. The molecule has 2 N–H and O–H groups in total. The number of nitrogens with one attached hydrogen (secondary N) is 2. The molecule has 0 saturated carbocycles. The molecule has 1 aromatic rings. The second-order valence-corrected chi connectivity index (χ2v) is 7.46. The molecule has 0 aromatic heterocycles. The number of hydrogen-bond donors (Lipinski definition) is 2. The van der Waals surface area contributed by atoms with Crippen molar-refractivity contribution in [3.63, 3.8) is 0 Å². The van der Waals surface area contributed by atoms with E-state index in [2.05, 4.69) is 55.4 Å². The maximum absolute atomic E-state index is 5.61. The molecule has 7 heteroatoms. The van der Waals surface area contributed by atoms with Crippen molar-refractivity contribution in [1.82, 2.24) is 15.5 Å². The SMILES string of the molecule is CCNC(=NCc1ccc(OCCOC)cc1)NC1CN(C(C)C)CC1C.I. The number of methoxy groups -OCH3 is 1. The predicted molar refractivity (Wildman–Crippen MR) is 127 cm³/mol. The molecule has 0 amide bonds. The number of hydrogen-bond acceptors (Lipinski definition) is 4. The number of halogens is 1. The van der Waals surface area contributed by atoms with Gasteiger partial charge in [0.1, 0.15) is 12.4 Å². The molecule has 2 unspecified atom stereocenters. The second-order valence-electron chi connectivity index (χ2n) is 7.46. The van der Waals surface area contributed by atoms with Crippen LogP contribution in [0.2, 0.25) is 0 Å². The third-order valence-electron chi connectivity index (χ3n) is 4.94. The lowest BCUT2D eigenvalue weighted by Gasteiger charge is -2.22. The largest absolute Gasteiger partial charge is 0.491 e. The molecule has 1 aromatic carbocycles. The first kappa shape index (κ1) is 25.0. The Labute approximate surface area is 187 Å². The molecule has 0 spiro atoms. The summed E-state index contributed by atoms with van der Waals surface area (Å²) >= 11 is 0. The zero-order chi connectivity index (χ0) is 19.6. The van der Waals surface area contributed by atoms with Crippen molar-refractivity contribution in [3.8, 4) is 5.75 Å². The van der Waals surface area contributed by atoms with E-state index in [9.17, 15) is 0 Å². The van der Waals surface area contributed by atoms with Crippen LogP contribution in [-0.4, -0.2) is 62.9 Å². The highest BCUT2D eigenvalue weighted by atomic mass is 127. The molecular formula is C21H37IN4O2. The molecule has 2 rings (SSSR count). The van der Waals surface area contributed by atoms with Crippen LogP contribution in [0.15, 0.2) is 29.3 Å². The van der Waals surface area contributed by atoms with Gasteiger partial charge in [0, 0.05) is 38.8 Å². The molecule has 2 atom stereocenters. The van der Waals surface area contributed by atoms with E-state index in [4.69, 9.17) is 14.5 Å². The highest BCUT2D eigenvalue weighted by Crippen LogP contribution is 2.18. The number of nitrogens with zero attached hydrogens (tertiary/aromatic N) is 2. The number of aliphatic imine (C=N–C) groups is 1. The standard InChI is InChI=1S/C21H36N4O2.HI/c1-6-22-21(24-20-15-25(16(2)3)14-17(20)4)23-13-18-7-9-19(10-8-18)27-12-11-26-5;/h7-10,16-17,20H,6,11-15H2,1-5H3,(H2,22,23,24);1H. The summed E-state index contributed by atoms with van der Waals surface area (Å²) in [6.07, 6.45) is 0. The molecule has 0 bridgehead atoms. The highest BCUT2D eigenvalue weighted by molar-refractivity contribution is 14.0. The van der Waals surface area contributed by atoms with E-state index in [1.807, 2.05) is 12.1 Å². The number of likely N-dealkylation sites (tertiary alicyclic amines) is 1. The molecule has 6 nitrogen and oxygen atoms in total. The topological polar surface area (TPSA) is 58.1 Å². The van der Waals surface area contributed by atoms with Crippen LogP contribution >= 0.6 is 24.0 Å². The lowest BCUT2D eigenvalue weighted by Crippen LogP contribution is -2.46. The predicted octanol–water partition coefficient (Wildman–Crippen LogP) is 3.11. The normalized spacial score (nSPS) is 20.1. The van der Waals surface area contributed by atoms with Crippen LogP contribution in [0.1, 0.15) is 33.3 Å². The van der Waals surface area contributed by atoms with E-state index >= 15 is 0 Å². The van der Waals surface area contributed by atoms with Crippen molar-refractivity contribution >= 4 is 29.9 Å². The Kier molecular flexibility index (Phi) is 11.8. The van der Waals surface area contributed by atoms with Gasteiger partial charge in [-0.2, -0.15) is 0 Å². The van der Waals surface area contributed by atoms with Gasteiger partial charge in [-0.15, -0.1) is 24.0 Å². The number of benzene rings is 1. The summed E-state index contributed by atoms with van der Waals surface area (Å²) < 4.78 is 10.6. The van der Waals surface area contributed by atoms with Crippen LogP contribution in [0.25, 0.3) is 0 Å². The fourth-order valence-electron chi connectivity index (χ4n) is 3.21. The first-order chi connectivity index (χ1) is 13.0. The Hall–Kier alpha value is -1.06. The molecule has 28 heavy (non-hydrogen) atoms. The first-order valence-corrected chi connectivity index (χ1v) is 10.0. The van der Waals surface area contributed by atoms with Crippen LogP contribution in [0.5, 0.6) is 5.75 Å². The summed E-state index contributed by atoms with van der Waals surface area (Å²) in [5, 5.41) is 7.00. The van der Waals surface area contributed by atoms with Crippen molar-refractivity contribution in [2.75, 3.05) is 40.0 Å². The Bertz CT molecular complexity index is 580. The fourth-order valence-corrected chi connectivity index (χ4v) is 3.21. The molecule has 160 valence electrons. The number of ether oxygens (including phenoxy) is 2. The Morgan fingerprint density at radius 2 is 1.93 bits per heavy atom. The van der Waals surface area contributed by atoms with Gasteiger partial charge in [0.25, 0.3) is 0 Å². The van der Waals surface area contributed by atoms with Gasteiger partial charge in [-0.3, -0.25) is 4.90 Å². The van der Waals surface area contributed by atoms with E-state index in [1.54, 1.807) is 7.11 Å². The second kappa shape index (κ2) is 13.2. The van der Waals surface area contributed by atoms with Crippen LogP contribution in [0, 0.1) is 5.92 Å². The Balaban J connectivity index is 0.00000392. The average molecular weight is 504 g/mol. The molecule has 0 aliphatic carbocycles. The summed E-state index contributed by atoms with van der Waals surface area (Å²) in [4.78, 5) is 7.29. The van der Waals surface area contributed by atoms with Crippen LogP contribution in [0.3, 0.4) is 0 Å². The van der Waals surface area contributed by atoms with Crippen LogP contribution < -0.4 is 15.4 Å². The summed E-state index contributed by atoms with van der Waals surface area (Å²) in [5.41, 5.74) is 1.16. The van der Waals surface area contributed by atoms with E-state index in [0.29, 0.717) is 37.8 Å². The van der Waals surface area contributed by atoms with Crippen molar-refractivity contribution in [1.29, 1.82) is 0 Å². The smallest absolute Gasteiger partial charge is 0.191 e. The Morgan fingerprint density at radius 1 is 1.21 bits per heavy atom. The van der Waals surface area contributed by atoms with Gasteiger partial charge in [-0.05, 0) is 44.4 Å². The fraction of sp³-hybridized carbons (Fsp3) is 0.667. The minimum absolute atomic E-state index is 0. The third kappa shape index (κ3) is 8.13. The monoisotopic (exact) mass is 504 g/mol. The van der Waals surface area contributed by atoms with Gasteiger partial charge in [-0.25, -0.2) is 4.99 Å². The molecule has 1 aliphatic heterocycles. The van der Waals surface area contributed by atoms with Crippen molar-refractivity contribution in [2.24, 2.45) is 10.9 Å². The summed E-state index contributed by atoms with van der Waals surface area (Å²) in [5.74, 6) is 2.36. The molecule has 0 radical (unpaired) electrons. The van der Waals surface area contributed by atoms with E-state index in [-0.39, 0.29) is 24.0 Å². The maximum atomic E-state index is 5.61. The van der Waals surface area contributed by atoms with Gasteiger partial charge in [0.15, 0.2) is 5.96 Å². The van der Waals surface area contributed by atoms with Crippen LogP contribution in [0.4, 0.5) is 0 Å². The van der Waals surface area contributed by atoms with Gasteiger partial charge in [-0.1, -0.05) is 19.1 Å². The molecular weight excluding hydrogens is 467 g/mol. The highest BCUT2D eigenvalue weighted by Gasteiger charge is 2.31. The van der Waals surface area contributed by atoms with E-state index in [0.717, 1.165) is 36.9 Å². The number of guanidine groups is 1. The molecule has 1 aliphatic rings. The lowest BCUT2D eigenvalue weighted by atomic mass is 10.1. The zero-order valence-corrected chi connectivity index (χ0v) is 20.2. The van der Waals surface area contributed by atoms with Gasteiger partial charge < -0.3 is 20.1 Å². The summed E-state index contributed by atoms with van der Waals surface area (Å²) in [6.45, 7) is 13.8. The molecule has 1 fully saturated rings. The van der Waals surface area contributed by atoms with Crippen molar-refractivity contribution in [3.05, 3.63) is 29.8 Å². The maximum Gasteiger partial charge on any atom is 0.191 e. The van der Waals surface area contributed by atoms with Crippen LogP contribution in [-0.2, 0) is 11.3 Å². The average Bonchev–Trinajstić information content (AvgIpc) is 3.02. The number of rotatable bonds is 9. The molecule has 1 saturated heterocycles. The van der Waals surface area contributed by atoms with Crippen molar-refractivity contribution in [2.45, 2.75) is 46.3 Å². The summed E-state index contributed by atoms with van der Waals surface area (Å²) in [6, 6.07) is 9.12. The van der Waals surface area contributed by atoms with Gasteiger partial charge >= 0.3 is 0 Å². The minimum atomic E-state index is 0. The quantitative estimate of drug-likeness (QED) is 0.234. The lowest BCUT2D eigenvalue weighted by molar-refractivity contribution is 0.146. The van der Waals surface area contributed by atoms with Gasteiger partial charge in [0.2, 0.25) is 0 Å². The minimum Gasteiger partial charge on any atom is -0.491 e. The Morgan fingerprint density at radius 3 is 2.50 bits per heavy atom. The van der Waals surface area contributed by atoms with Gasteiger partial charge in [0.05, 0.1) is 13.2 Å². The van der Waals surface area contributed by atoms with Crippen molar-refractivity contribution < 1.29 is 9.47 Å². The summed E-state index contributed by atoms with van der Waals surface area (Å²) in [7, 11) is 1.67. The zero-order valence-electron chi connectivity index (χ0n) is 17.9. The molecule has 1 heterocycles. The van der Waals surface area contributed by atoms with E-state index < -0.39 is 0 Å². The first-order valence-electron chi connectivity index (χ1n) is 10.0. The van der Waals surface area contributed by atoms with E-state index in [1.165, 1.54) is 0 Å².